The molecule has 138 valence electrons. The molecule has 10 heteroatoms. The van der Waals surface area contributed by atoms with Gasteiger partial charge in [0.15, 0.2) is 0 Å². The van der Waals surface area contributed by atoms with E-state index in [4.69, 9.17) is 0 Å². The van der Waals surface area contributed by atoms with Crippen LogP contribution in [0.4, 0.5) is 30.2 Å². The number of nitro groups is 1. The minimum absolute atomic E-state index is 0.104. The van der Waals surface area contributed by atoms with E-state index in [1.807, 2.05) is 0 Å². The second-order valence-corrected chi connectivity index (χ2v) is 6.16. The maximum absolute atomic E-state index is 12.9. The average molecular weight is 432 g/mol. The van der Waals surface area contributed by atoms with Crippen LogP contribution in [-0.4, -0.2) is 17.4 Å². The van der Waals surface area contributed by atoms with Gasteiger partial charge in [-0.05, 0) is 31.2 Å². The molecule has 0 aliphatic heterocycles. The number of carbonyl (C=O) groups is 1. The minimum atomic E-state index is -4.53. The molecule has 0 aromatic heterocycles. The smallest absolute Gasteiger partial charge is 0.376 e. The fourth-order valence-electron chi connectivity index (χ4n) is 2.19. The molecule has 1 amide bonds. The number of benzene rings is 2. The maximum atomic E-state index is 12.9. The first kappa shape index (κ1) is 19.7. The average Bonchev–Trinajstić information content (AvgIpc) is 2.54. The molecule has 0 unspecified atom stereocenters. The summed E-state index contributed by atoms with van der Waals surface area (Å²) in [7, 11) is 0. The molecule has 0 spiro atoms. The molecule has 26 heavy (non-hydrogen) atoms. The Morgan fingerprint density at radius 3 is 2.58 bits per heavy atom. The Bertz CT molecular complexity index is 856. The van der Waals surface area contributed by atoms with E-state index in [9.17, 15) is 28.1 Å². The highest BCUT2D eigenvalue weighted by Crippen LogP contribution is 2.36. The molecule has 6 nitrogen and oxygen atoms in total. The van der Waals surface area contributed by atoms with Gasteiger partial charge in [0.05, 0.1) is 28.3 Å². The van der Waals surface area contributed by atoms with Crippen LogP contribution in [0, 0.1) is 17.0 Å². The zero-order valence-electron chi connectivity index (χ0n) is 13.4. The van der Waals surface area contributed by atoms with Gasteiger partial charge >= 0.3 is 6.18 Å². The van der Waals surface area contributed by atoms with E-state index >= 15 is 0 Å². The summed E-state index contributed by atoms with van der Waals surface area (Å²) in [6, 6.07) is 7.75. The summed E-state index contributed by atoms with van der Waals surface area (Å²) < 4.78 is 38.5. The summed E-state index contributed by atoms with van der Waals surface area (Å²) >= 11 is 2.83. The third-order valence-corrected chi connectivity index (χ3v) is 4.19. The molecule has 0 fully saturated rings. The largest absolute Gasteiger partial charge is 0.417 e. The van der Waals surface area contributed by atoms with Crippen LogP contribution in [0.3, 0.4) is 0 Å². The van der Waals surface area contributed by atoms with E-state index in [1.165, 1.54) is 37.3 Å². The van der Waals surface area contributed by atoms with Crippen LogP contribution in [0.5, 0.6) is 0 Å². The minimum Gasteiger partial charge on any atom is -0.376 e. The molecule has 0 atom stereocenters. The third kappa shape index (κ3) is 4.72. The Kier molecular flexibility index (Phi) is 5.86. The Labute approximate surface area is 154 Å². The highest BCUT2D eigenvalue weighted by atomic mass is 79.9. The number of alkyl halides is 3. The Hall–Kier alpha value is -2.62. The quantitative estimate of drug-likeness (QED) is 0.529. The Balaban J connectivity index is 2.06. The predicted molar refractivity (Wildman–Crippen MR) is 94.1 cm³/mol. The van der Waals surface area contributed by atoms with E-state index in [0.29, 0.717) is 0 Å². The summed E-state index contributed by atoms with van der Waals surface area (Å²) in [5, 5.41) is 16.0. The second kappa shape index (κ2) is 7.73. The van der Waals surface area contributed by atoms with Gasteiger partial charge in [-0.15, -0.1) is 0 Å². The highest BCUT2D eigenvalue weighted by Gasteiger charge is 2.33. The Morgan fingerprint density at radius 1 is 1.27 bits per heavy atom. The van der Waals surface area contributed by atoms with Crippen LogP contribution >= 0.6 is 15.9 Å². The van der Waals surface area contributed by atoms with Crippen LogP contribution in [0.2, 0.25) is 0 Å². The fraction of sp³-hybridized carbons (Fsp3) is 0.188. The lowest BCUT2D eigenvalue weighted by Crippen LogP contribution is -2.22. The number of carbonyl (C=O) groups excluding carboxylic acids is 1. The zero-order chi connectivity index (χ0) is 19.5. The lowest BCUT2D eigenvalue weighted by Gasteiger charge is -2.13. The molecule has 2 aromatic carbocycles. The van der Waals surface area contributed by atoms with Crippen molar-refractivity contribution in [2.75, 3.05) is 17.2 Å². The molecule has 0 aliphatic carbocycles. The number of rotatable bonds is 5. The van der Waals surface area contributed by atoms with E-state index in [1.54, 1.807) is 0 Å². The number of hydrogen-bond acceptors (Lipinski definition) is 4. The number of nitrogens with one attached hydrogen (secondary N) is 2. The number of halogens is 4. The van der Waals surface area contributed by atoms with E-state index < -0.39 is 22.6 Å². The lowest BCUT2D eigenvalue weighted by atomic mass is 10.1. The second-order valence-electron chi connectivity index (χ2n) is 5.30. The molecular weight excluding hydrogens is 419 g/mol. The number of nitro benzene ring substituents is 1. The van der Waals surface area contributed by atoms with E-state index in [0.717, 1.165) is 6.07 Å². The van der Waals surface area contributed by atoms with Gasteiger partial charge in [-0.25, -0.2) is 0 Å². The molecule has 2 N–H and O–H groups in total. The molecule has 2 aromatic rings. The third-order valence-electron chi connectivity index (χ3n) is 3.50. The molecule has 0 radical (unpaired) electrons. The van der Waals surface area contributed by atoms with Gasteiger partial charge in [0.25, 0.3) is 5.69 Å². The summed E-state index contributed by atoms with van der Waals surface area (Å²) in [4.78, 5) is 22.3. The summed E-state index contributed by atoms with van der Waals surface area (Å²) in [6.07, 6.45) is -4.53. The molecule has 0 saturated heterocycles. The summed E-state index contributed by atoms with van der Waals surface area (Å²) in [6.45, 7) is 1.19. The standard InChI is InChI=1S/C16H13BrF3N3O3/c1-9-13(3-2-4-14(9)23(25)26)22-15(24)8-21-10-5-6-12(17)11(7-10)16(18,19)20/h2-7,21H,8H2,1H3,(H,22,24). The van der Waals surface area contributed by atoms with Crippen molar-refractivity contribution in [2.45, 2.75) is 13.1 Å². The predicted octanol–water partition coefficient (Wildman–Crippen LogP) is 4.74. The van der Waals surface area contributed by atoms with Crippen molar-refractivity contribution in [3.63, 3.8) is 0 Å². The van der Waals surface area contributed by atoms with Crippen molar-refractivity contribution < 1.29 is 22.9 Å². The normalized spacial score (nSPS) is 11.1. The van der Waals surface area contributed by atoms with Crippen LogP contribution in [0.1, 0.15) is 11.1 Å². The molecule has 0 saturated carbocycles. The van der Waals surface area contributed by atoms with E-state index in [2.05, 4.69) is 26.6 Å². The molecule has 0 heterocycles. The van der Waals surface area contributed by atoms with Crippen LogP contribution < -0.4 is 10.6 Å². The molecule has 0 aliphatic rings. The fourth-order valence-corrected chi connectivity index (χ4v) is 2.66. The van der Waals surface area contributed by atoms with Crippen molar-refractivity contribution in [1.29, 1.82) is 0 Å². The molecular formula is C16H13BrF3N3O3. The lowest BCUT2D eigenvalue weighted by molar-refractivity contribution is -0.385. The SMILES string of the molecule is Cc1c(NC(=O)CNc2ccc(Br)c(C(F)(F)F)c2)cccc1[N+](=O)[O-]. The topological polar surface area (TPSA) is 84.3 Å². The van der Waals surface area contributed by atoms with Gasteiger partial charge in [0.2, 0.25) is 5.91 Å². The zero-order valence-corrected chi connectivity index (χ0v) is 14.9. The number of nitrogens with zero attached hydrogens (tertiary/aromatic N) is 1. The summed E-state index contributed by atoms with van der Waals surface area (Å²) in [5.41, 5.74) is -0.339. The summed E-state index contributed by atoms with van der Waals surface area (Å²) in [5.74, 6) is -0.551. The van der Waals surface area contributed by atoms with Crippen LogP contribution in [0.25, 0.3) is 0 Å². The highest BCUT2D eigenvalue weighted by molar-refractivity contribution is 9.10. The Morgan fingerprint density at radius 2 is 1.96 bits per heavy atom. The van der Waals surface area contributed by atoms with E-state index in [-0.39, 0.29) is 33.6 Å². The van der Waals surface area contributed by atoms with Gasteiger partial charge in [0, 0.05) is 16.2 Å². The van der Waals surface area contributed by atoms with Gasteiger partial charge in [-0.1, -0.05) is 22.0 Å². The molecule has 2 rings (SSSR count). The van der Waals surface area contributed by atoms with Crippen LogP contribution in [0.15, 0.2) is 40.9 Å². The van der Waals surface area contributed by atoms with Gasteiger partial charge in [0.1, 0.15) is 0 Å². The first-order chi connectivity index (χ1) is 12.1. The maximum Gasteiger partial charge on any atom is 0.417 e. The van der Waals surface area contributed by atoms with Gasteiger partial charge < -0.3 is 10.6 Å². The van der Waals surface area contributed by atoms with Gasteiger partial charge in [-0.2, -0.15) is 13.2 Å². The van der Waals surface area contributed by atoms with Crippen molar-refractivity contribution in [3.05, 3.63) is 62.1 Å². The van der Waals surface area contributed by atoms with Crippen LogP contribution in [-0.2, 0) is 11.0 Å². The first-order valence-corrected chi connectivity index (χ1v) is 8.03. The van der Waals surface area contributed by atoms with Crippen molar-refractivity contribution in [2.24, 2.45) is 0 Å². The van der Waals surface area contributed by atoms with Crippen molar-refractivity contribution in [3.8, 4) is 0 Å². The number of amides is 1. The first-order valence-electron chi connectivity index (χ1n) is 7.24. The van der Waals surface area contributed by atoms with Crippen molar-refractivity contribution >= 4 is 38.9 Å². The van der Waals surface area contributed by atoms with Gasteiger partial charge in [-0.3, -0.25) is 14.9 Å². The van der Waals surface area contributed by atoms with Crippen molar-refractivity contribution in [1.82, 2.24) is 0 Å². The number of anilines is 2. The molecule has 0 bridgehead atoms. The monoisotopic (exact) mass is 431 g/mol. The number of hydrogen-bond donors (Lipinski definition) is 2.